The molecule has 0 saturated carbocycles. The van der Waals surface area contributed by atoms with Crippen molar-refractivity contribution < 1.29 is 9.53 Å². The van der Waals surface area contributed by atoms with Gasteiger partial charge in [-0.15, -0.1) is 12.4 Å². The Kier molecular flexibility index (Phi) is 3.96. The van der Waals surface area contributed by atoms with Crippen LogP contribution < -0.4 is 0 Å². The largest absolute Gasteiger partial charge is 0.465 e. The van der Waals surface area contributed by atoms with Crippen molar-refractivity contribution in [1.29, 1.82) is 0 Å². The minimum Gasteiger partial charge on any atom is -0.465 e. The van der Waals surface area contributed by atoms with Crippen molar-refractivity contribution in [2.45, 2.75) is 12.8 Å². The Morgan fingerprint density at radius 1 is 1.29 bits per heavy atom. The lowest BCUT2D eigenvalue weighted by Crippen LogP contribution is -2.10. The standard InChI is InChI=1S/C11H12O2.ClH/c12-11-10(6-7-13-11)8-9-4-2-1-3-5-9;/h1-5,10H,6-8H2;1H. The molecule has 76 valence electrons. The third-order valence-electron chi connectivity index (χ3n) is 2.37. The highest BCUT2D eigenvalue weighted by atomic mass is 35.5. The Balaban J connectivity index is 0.000000980. The minimum absolute atomic E-state index is 0. The van der Waals surface area contributed by atoms with Crippen LogP contribution in [0.25, 0.3) is 0 Å². The van der Waals surface area contributed by atoms with E-state index < -0.39 is 0 Å². The van der Waals surface area contributed by atoms with Gasteiger partial charge >= 0.3 is 5.97 Å². The summed E-state index contributed by atoms with van der Waals surface area (Å²) in [4.78, 5) is 11.2. The molecular weight excluding hydrogens is 200 g/mol. The second-order valence-electron chi connectivity index (χ2n) is 3.34. The van der Waals surface area contributed by atoms with Crippen LogP contribution in [0.15, 0.2) is 30.3 Å². The lowest BCUT2D eigenvalue weighted by Gasteiger charge is -2.04. The summed E-state index contributed by atoms with van der Waals surface area (Å²) in [5.41, 5.74) is 1.21. The van der Waals surface area contributed by atoms with Crippen LogP contribution in [-0.2, 0) is 16.0 Å². The van der Waals surface area contributed by atoms with Crippen molar-refractivity contribution in [2.24, 2.45) is 5.92 Å². The molecule has 1 aliphatic heterocycles. The lowest BCUT2D eigenvalue weighted by molar-refractivity contribution is -0.141. The van der Waals surface area contributed by atoms with Crippen LogP contribution in [0.4, 0.5) is 0 Å². The van der Waals surface area contributed by atoms with Crippen LogP contribution in [0.3, 0.4) is 0 Å². The zero-order valence-electron chi connectivity index (χ0n) is 7.81. The zero-order valence-corrected chi connectivity index (χ0v) is 8.63. The number of benzene rings is 1. The summed E-state index contributed by atoms with van der Waals surface area (Å²) >= 11 is 0. The number of hydrogen-bond donors (Lipinski definition) is 0. The number of esters is 1. The van der Waals surface area contributed by atoms with Crippen molar-refractivity contribution in [1.82, 2.24) is 0 Å². The maximum atomic E-state index is 11.2. The van der Waals surface area contributed by atoms with Crippen LogP contribution in [0, 0.1) is 5.92 Å². The van der Waals surface area contributed by atoms with Gasteiger partial charge in [0.05, 0.1) is 12.5 Å². The van der Waals surface area contributed by atoms with Gasteiger partial charge in [-0.2, -0.15) is 0 Å². The monoisotopic (exact) mass is 212 g/mol. The van der Waals surface area contributed by atoms with Crippen molar-refractivity contribution in [3.05, 3.63) is 35.9 Å². The molecule has 1 heterocycles. The van der Waals surface area contributed by atoms with E-state index in [9.17, 15) is 4.79 Å². The SMILES string of the molecule is Cl.O=C1OCCC1Cc1ccccc1. The molecule has 0 aromatic heterocycles. The summed E-state index contributed by atoms with van der Waals surface area (Å²) in [6.07, 6.45) is 1.69. The number of hydrogen-bond acceptors (Lipinski definition) is 2. The molecule has 0 aliphatic carbocycles. The average molecular weight is 213 g/mol. The van der Waals surface area contributed by atoms with E-state index in [1.807, 2.05) is 30.3 Å². The summed E-state index contributed by atoms with van der Waals surface area (Å²) in [5.74, 6) is 0.0475. The van der Waals surface area contributed by atoms with Crippen molar-refractivity contribution in [3.63, 3.8) is 0 Å². The minimum atomic E-state index is -0.0381. The summed E-state index contributed by atoms with van der Waals surface area (Å²) in [7, 11) is 0. The Labute approximate surface area is 89.7 Å². The van der Waals surface area contributed by atoms with E-state index in [0.717, 1.165) is 12.8 Å². The van der Waals surface area contributed by atoms with Crippen LogP contribution in [0.5, 0.6) is 0 Å². The summed E-state index contributed by atoms with van der Waals surface area (Å²) in [6.45, 7) is 0.594. The molecule has 0 N–H and O–H groups in total. The highest BCUT2D eigenvalue weighted by Gasteiger charge is 2.26. The number of carbonyl (C=O) groups excluding carboxylic acids is 1. The van der Waals surface area contributed by atoms with Crippen LogP contribution >= 0.6 is 12.4 Å². The predicted octanol–water partition coefficient (Wildman–Crippen LogP) is 2.21. The van der Waals surface area contributed by atoms with E-state index in [1.165, 1.54) is 5.56 Å². The van der Waals surface area contributed by atoms with Gasteiger partial charge in [-0.1, -0.05) is 30.3 Å². The highest BCUT2D eigenvalue weighted by molar-refractivity contribution is 5.85. The van der Waals surface area contributed by atoms with Gasteiger partial charge in [0.2, 0.25) is 0 Å². The number of cyclic esters (lactones) is 1. The van der Waals surface area contributed by atoms with Crippen LogP contribution in [0.2, 0.25) is 0 Å². The Bertz CT molecular complexity index is 297. The second kappa shape index (κ2) is 5.01. The highest BCUT2D eigenvalue weighted by Crippen LogP contribution is 2.19. The second-order valence-corrected chi connectivity index (χ2v) is 3.34. The predicted molar refractivity (Wildman–Crippen MR) is 56.5 cm³/mol. The van der Waals surface area contributed by atoms with Gasteiger partial charge in [0, 0.05) is 0 Å². The normalized spacial score (nSPS) is 20.0. The molecule has 0 spiro atoms. The fourth-order valence-electron chi connectivity index (χ4n) is 1.62. The van der Waals surface area contributed by atoms with E-state index in [1.54, 1.807) is 0 Å². The van der Waals surface area contributed by atoms with Gasteiger partial charge in [-0.25, -0.2) is 0 Å². The molecule has 1 aromatic carbocycles. The van der Waals surface area contributed by atoms with Gasteiger partial charge in [0.1, 0.15) is 0 Å². The van der Waals surface area contributed by atoms with Gasteiger partial charge in [-0.05, 0) is 18.4 Å². The van der Waals surface area contributed by atoms with E-state index >= 15 is 0 Å². The molecule has 1 aromatic rings. The quantitative estimate of drug-likeness (QED) is 0.703. The first-order chi connectivity index (χ1) is 6.36. The van der Waals surface area contributed by atoms with E-state index in [2.05, 4.69) is 0 Å². The van der Waals surface area contributed by atoms with Gasteiger partial charge in [-0.3, -0.25) is 4.79 Å². The maximum Gasteiger partial charge on any atom is 0.309 e. The Morgan fingerprint density at radius 2 is 2.00 bits per heavy atom. The number of halogens is 1. The molecule has 1 atom stereocenters. The molecule has 0 bridgehead atoms. The fourth-order valence-corrected chi connectivity index (χ4v) is 1.62. The molecule has 14 heavy (non-hydrogen) atoms. The molecule has 3 heteroatoms. The topological polar surface area (TPSA) is 26.3 Å². The number of ether oxygens (including phenoxy) is 1. The van der Waals surface area contributed by atoms with Crippen LogP contribution in [0.1, 0.15) is 12.0 Å². The average Bonchev–Trinajstić information content (AvgIpc) is 2.54. The molecule has 2 nitrogen and oxygen atoms in total. The van der Waals surface area contributed by atoms with E-state index in [0.29, 0.717) is 6.61 Å². The Morgan fingerprint density at radius 3 is 2.57 bits per heavy atom. The first kappa shape index (κ1) is 11.1. The molecule has 1 saturated heterocycles. The summed E-state index contributed by atoms with van der Waals surface area (Å²) in [6, 6.07) is 10.1. The molecule has 1 unspecified atom stereocenters. The Hall–Kier alpha value is -1.02. The lowest BCUT2D eigenvalue weighted by atomic mass is 9.98. The van der Waals surface area contributed by atoms with Crippen molar-refractivity contribution >= 4 is 18.4 Å². The first-order valence-electron chi connectivity index (χ1n) is 4.57. The molecule has 1 aliphatic rings. The molecule has 0 radical (unpaired) electrons. The summed E-state index contributed by atoms with van der Waals surface area (Å²) in [5, 5.41) is 0. The zero-order chi connectivity index (χ0) is 9.10. The molecule has 1 fully saturated rings. The summed E-state index contributed by atoms with van der Waals surface area (Å²) < 4.78 is 4.90. The van der Waals surface area contributed by atoms with Crippen molar-refractivity contribution in [2.75, 3.05) is 6.61 Å². The smallest absolute Gasteiger partial charge is 0.309 e. The third kappa shape index (κ3) is 2.48. The number of carbonyl (C=O) groups is 1. The van der Waals surface area contributed by atoms with E-state index in [4.69, 9.17) is 4.74 Å². The van der Waals surface area contributed by atoms with Gasteiger partial charge in [0.25, 0.3) is 0 Å². The maximum absolute atomic E-state index is 11.2. The first-order valence-corrected chi connectivity index (χ1v) is 4.57. The number of rotatable bonds is 2. The van der Waals surface area contributed by atoms with E-state index in [-0.39, 0.29) is 24.3 Å². The van der Waals surface area contributed by atoms with Gasteiger partial charge < -0.3 is 4.74 Å². The third-order valence-corrected chi connectivity index (χ3v) is 2.37. The molecular formula is C11H13ClO2. The molecule has 0 amide bonds. The van der Waals surface area contributed by atoms with Crippen LogP contribution in [-0.4, -0.2) is 12.6 Å². The van der Waals surface area contributed by atoms with Gasteiger partial charge in [0.15, 0.2) is 0 Å². The fraction of sp³-hybridized carbons (Fsp3) is 0.364. The molecule has 2 rings (SSSR count). The van der Waals surface area contributed by atoms with Crippen molar-refractivity contribution in [3.8, 4) is 0 Å².